The van der Waals surface area contributed by atoms with Crippen LogP contribution in [0.15, 0.2) is 6.33 Å². The highest BCUT2D eigenvalue weighted by Crippen LogP contribution is 2.28. The fourth-order valence-electron chi connectivity index (χ4n) is 2.17. The van der Waals surface area contributed by atoms with Crippen molar-refractivity contribution in [2.45, 2.75) is 44.0 Å². The van der Waals surface area contributed by atoms with Crippen LogP contribution < -0.4 is 4.90 Å². The second-order valence-electron chi connectivity index (χ2n) is 4.08. The SMILES string of the molecule is CC(Cl)CC1CCCCN1c1ncns1. The van der Waals surface area contributed by atoms with Gasteiger partial charge in [-0.1, -0.05) is 0 Å². The van der Waals surface area contributed by atoms with Crippen LogP contribution in [0.2, 0.25) is 0 Å². The fourth-order valence-corrected chi connectivity index (χ4v) is 3.00. The summed E-state index contributed by atoms with van der Waals surface area (Å²) in [5.74, 6) is 0. The number of alkyl halides is 1. The van der Waals surface area contributed by atoms with Gasteiger partial charge in [-0.05, 0) is 32.6 Å². The molecule has 0 amide bonds. The number of rotatable bonds is 3. The zero-order chi connectivity index (χ0) is 10.7. The van der Waals surface area contributed by atoms with Crippen molar-refractivity contribution >= 4 is 28.3 Å². The standard InChI is InChI=1S/C10H16ClN3S/c1-8(11)6-9-4-2-3-5-14(9)10-12-7-13-15-10/h7-9H,2-6H2,1H3. The van der Waals surface area contributed by atoms with E-state index in [1.165, 1.54) is 30.8 Å². The van der Waals surface area contributed by atoms with Gasteiger partial charge in [0.15, 0.2) is 0 Å². The summed E-state index contributed by atoms with van der Waals surface area (Å²) >= 11 is 7.56. The van der Waals surface area contributed by atoms with Crippen molar-refractivity contribution < 1.29 is 0 Å². The first-order chi connectivity index (χ1) is 7.27. The van der Waals surface area contributed by atoms with E-state index in [1.54, 1.807) is 6.33 Å². The van der Waals surface area contributed by atoms with Crippen LogP contribution in [0.5, 0.6) is 0 Å². The molecule has 1 aliphatic rings. The molecule has 1 aliphatic heterocycles. The summed E-state index contributed by atoms with van der Waals surface area (Å²) in [7, 11) is 0. The van der Waals surface area contributed by atoms with Gasteiger partial charge in [0.25, 0.3) is 0 Å². The Hall–Kier alpha value is -0.350. The number of hydrogen-bond acceptors (Lipinski definition) is 4. The summed E-state index contributed by atoms with van der Waals surface area (Å²) in [6.45, 7) is 3.16. The Morgan fingerprint density at radius 3 is 3.20 bits per heavy atom. The number of anilines is 1. The van der Waals surface area contributed by atoms with Gasteiger partial charge in [0, 0.05) is 29.5 Å². The monoisotopic (exact) mass is 245 g/mol. The van der Waals surface area contributed by atoms with Crippen molar-refractivity contribution in [2.24, 2.45) is 0 Å². The molecular formula is C10H16ClN3S. The zero-order valence-corrected chi connectivity index (χ0v) is 10.5. The van der Waals surface area contributed by atoms with Crippen LogP contribution in [0, 0.1) is 0 Å². The predicted octanol–water partition coefficient (Wildman–Crippen LogP) is 2.91. The Morgan fingerprint density at radius 1 is 1.67 bits per heavy atom. The van der Waals surface area contributed by atoms with Gasteiger partial charge < -0.3 is 4.90 Å². The molecule has 1 saturated heterocycles. The largest absolute Gasteiger partial charge is 0.344 e. The Balaban J connectivity index is 2.06. The molecule has 1 aromatic rings. The van der Waals surface area contributed by atoms with Gasteiger partial charge in [-0.2, -0.15) is 4.37 Å². The third-order valence-electron chi connectivity index (χ3n) is 2.82. The maximum atomic E-state index is 6.08. The molecule has 2 rings (SSSR count). The highest BCUT2D eigenvalue weighted by atomic mass is 35.5. The predicted molar refractivity (Wildman–Crippen MR) is 64.8 cm³/mol. The van der Waals surface area contributed by atoms with E-state index < -0.39 is 0 Å². The van der Waals surface area contributed by atoms with Gasteiger partial charge in [-0.3, -0.25) is 0 Å². The lowest BCUT2D eigenvalue weighted by molar-refractivity contribution is 0.436. The number of hydrogen-bond donors (Lipinski definition) is 0. The van der Waals surface area contributed by atoms with Crippen LogP contribution >= 0.6 is 23.1 Å². The van der Waals surface area contributed by atoms with Gasteiger partial charge in [0.05, 0.1) is 0 Å². The van der Waals surface area contributed by atoms with Crippen molar-refractivity contribution in [3.05, 3.63) is 6.33 Å². The number of halogens is 1. The molecule has 0 aromatic carbocycles. The maximum absolute atomic E-state index is 6.08. The van der Waals surface area contributed by atoms with Gasteiger partial charge in [0.2, 0.25) is 5.13 Å². The summed E-state index contributed by atoms with van der Waals surface area (Å²) < 4.78 is 4.07. The van der Waals surface area contributed by atoms with Crippen LogP contribution in [-0.2, 0) is 0 Å². The van der Waals surface area contributed by atoms with E-state index in [4.69, 9.17) is 11.6 Å². The molecule has 1 fully saturated rings. The van der Waals surface area contributed by atoms with Crippen LogP contribution in [-0.4, -0.2) is 27.3 Å². The van der Waals surface area contributed by atoms with E-state index >= 15 is 0 Å². The van der Waals surface area contributed by atoms with Gasteiger partial charge in [-0.15, -0.1) is 11.6 Å². The first kappa shape index (κ1) is 11.1. The Morgan fingerprint density at radius 2 is 2.53 bits per heavy atom. The van der Waals surface area contributed by atoms with Gasteiger partial charge in [-0.25, -0.2) is 4.98 Å². The Labute approximate surface area is 99.6 Å². The second kappa shape index (κ2) is 5.12. The van der Waals surface area contributed by atoms with E-state index in [0.29, 0.717) is 6.04 Å². The van der Waals surface area contributed by atoms with E-state index in [2.05, 4.69) is 21.2 Å². The molecule has 2 unspecified atom stereocenters. The molecule has 0 N–H and O–H groups in total. The van der Waals surface area contributed by atoms with Crippen LogP contribution in [0.4, 0.5) is 5.13 Å². The van der Waals surface area contributed by atoms with Gasteiger partial charge in [0.1, 0.15) is 6.33 Å². The van der Waals surface area contributed by atoms with Crippen molar-refractivity contribution in [1.29, 1.82) is 0 Å². The summed E-state index contributed by atoms with van der Waals surface area (Å²) in [6.07, 6.45) is 6.48. The summed E-state index contributed by atoms with van der Waals surface area (Å²) in [6, 6.07) is 0.555. The quantitative estimate of drug-likeness (QED) is 0.767. The first-order valence-corrected chi connectivity index (χ1v) is 6.65. The molecule has 0 radical (unpaired) electrons. The average Bonchev–Trinajstić information content (AvgIpc) is 2.70. The third kappa shape index (κ3) is 2.82. The summed E-state index contributed by atoms with van der Waals surface area (Å²) in [4.78, 5) is 6.66. The van der Waals surface area contributed by atoms with Crippen LogP contribution in [0.25, 0.3) is 0 Å². The van der Waals surface area contributed by atoms with Crippen molar-refractivity contribution in [3.8, 4) is 0 Å². The molecule has 0 aliphatic carbocycles. The van der Waals surface area contributed by atoms with Crippen LogP contribution in [0.3, 0.4) is 0 Å². The molecule has 1 aromatic heterocycles. The Bertz CT molecular complexity index is 289. The second-order valence-corrected chi connectivity index (χ2v) is 5.59. The normalized spacial score (nSPS) is 24.1. The van der Waals surface area contributed by atoms with E-state index in [0.717, 1.165) is 18.1 Å². The lowest BCUT2D eigenvalue weighted by atomic mass is 9.99. The molecule has 15 heavy (non-hydrogen) atoms. The summed E-state index contributed by atoms with van der Waals surface area (Å²) in [5.41, 5.74) is 0. The molecule has 0 spiro atoms. The highest BCUT2D eigenvalue weighted by molar-refractivity contribution is 7.09. The number of aromatic nitrogens is 2. The topological polar surface area (TPSA) is 29.0 Å². The average molecular weight is 246 g/mol. The Kier molecular flexibility index (Phi) is 3.81. The smallest absolute Gasteiger partial charge is 0.205 e. The van der Waals surface area contributed by atoms with Crippen LogP contribution in [0.1, 0.15) is 32.6 Å². The number of piperidine rings is 1. The molecule has 0 saturated carbocycles. The maximum Gasteiger partial charge on any atom is 0.205 e. The van der Waals surface area contributed by atoms with Crippen molar-refractivity contribution in [2.75, 3.05) is 11.4 Å². The minimum Gasteiger partial charge on any atom is -0.344 e. The van der Waals surface area contributed by atoms with Crippen molar-refractivity contribution in [3.63, 3.8) is 0 Å². The molecule has 5 heteroatoms. The number of nitrogens with zero attached hydrogens (tertiary/aromatic N) is 3. The third-order valence-corrected chi connectivity index (χ3v) is 3.70. The van der Waals surface area contributed by atoms with Crippen molar-refractivity contribution in [1.82, 2.24) is 9.36 Å². The molecule has 0 bridgehead atoms. The lowest BCUT2D eigenvalue weighted by Crippen LogP contribution is -2.40. The fraction of sp³-hybridized carbons (Fsp3) is 0.800. The van der Waals surface area contributed by atoms with Gasteiger partial charge >= 0.3 is 0 Å². The molecule has 2 atom stereocenters. The van der Waals surface area contributed by atoms with E-state index in [9.17, 15) is 0 Å². The molecule has 3 nitrogen and oxygen atoms in total. The van der Waals surface area contributed by atoms with E-state index in [-0.39, 0.29) is 5.38 Å². The zero-order valence-electron chi connectivity index (χ0n) is 8.90. The first-order valence-electron chi connectivity index (χ1n) is 5.45. The minimum absolute atomic E-state index is 0.239. The molecular weight excluding hydrogens is 230 g/mol. The lowest BCUT2D eigenvalue weighted by Gasteiger charge is -2.35. The molecule has 84 valence electrons. The molecule has 2 heterocycles. The van der Waals surface area contributed by atoms with E-state index in [1.807, 2.05) is 0 Å². The minimum atomic E-state index is 0.239. The summed E-state index contributed by atoms with van der Waals surface area (Å²) in [5, 5.41) is 1.29. The highest BCUT2D eigenvalue weighted by Gasteiger charge is 2.25.